The largest absolute Gasteiger partial charge is 0.351 e. The van der Waals surface area contributed by atoms with E-state index in [2.05, 4.69) is 17.4 Å². The van der Waals surface area contributed by atoms with Gasteiger partial charge in [-0.05, 0) is 13.3 Å². The smallest absolute Gasteiger partial charge is 0.290 e. The second-order valence-corrected chi connectivity index (χ2v) is 3.65. The molecule has 1 amide bonds. The van der Waals surface area contributed by atoms with Crippen molar-refractivity contribution in [3.8, 4) is 0 Å². The third-order valence-corrected chi connectivity index (χ3v) is 2.27. The van der Waals surface area contributed by atoms with Crippen molar-refractivity contribution in [1.82, 2.24) is 10.5 Å². The molecule has 84 valence electrons. The molecule has 0 aliphatic heterocycles. The van der Waals surface area contributed by atoms with E-state index in [9.17, 15) is 4.79 Å². The molecule has 0 radical (unpaired) electrons. The van der Waals surface area contributed by atoms with Crippen molar-refractivity contribution in [2.24, 2.45) is 0 Å². The molecule has 0 atom stereocenters. The molecule has 1 rings (SSSR count). The van der Waals surface area contributed by atoms with E-state index in [1.54, 1.807) is 6.20 Å². The molecule has 0 fully saturated rings. The lowest BCUT2D eigenvalue weighted by Crippen LogP contribution is -2.24. The summed E-state index contributed by atoms with van der Waals surface area (Å²) in [6, 6.07) is 0. The van der Waals surface area contributed by atoms with E-state index >= 15 is 0 Å². The topological polar surface area (TPSA) is 55.1 Å². The Morgan fingerprint density at radius 2 is 2.27 bits per heavy atom. The van der Waals surface area contributed by atoms with Crippen LogP contribution in [0.5, 0.6) is 0 Å². The third-order valence-electron chi connectivity index (χ3n) is 2.27. The third kappa shape index (κ3) is 3.73. The van der Waals surface area contributed by atoms with Gasteiger partial charge in [0.15, 0.2) is 0 Å². The molecule has 0 bridgehead atoms. The number of aromatic nitrogens is 1. The molecule has 15 heavy (non-hydrogen) atoms. The van der Waals surface area contributed by atoms with Crippen LogP contribution in [-0.4, -0.2) is 17.6 Å². The van der Waals surface area contributed by atoms with Crippen molar-refractivity contribution in [2.75, 3.05) is 6.54 Å². The van der Waals surface area contributed by atoms with E-state index in [4.69, 9.17) is 4.52 Å². The van der Waals surface area contributed by atoms with Gasteiger partial charge in [-0.1, -0.05) is 31.3 Å². The van der Waals surface area contributed by atoms with Gasteiger partial charge in [-0.3, -0.25) is 4.79 Å². The average Bonchev–Trinajstić information content (AvgIpc) is 2.64. The Morgan fingerprint density at radius 1 is 1.47 bits per heavy atom. The number of nitrogens with zero attached hydrogens (tertiary/aromatic N) is 1. The van der Waals surface area contributed by atoms with Gasteiger partial charge < -0.3 is 9.84 Å². The highest BCUT2D eigenvalue weighted by molar-refractivity contribution is 5.92. The van der Waals surface area contributed by atoms with Crippen LogP contribution in [0.3, 0.4) is 0 Å². The highest BCUT2D eigenvalue weighted by atomic mass is 16.5. The molecule has 0 saturated heterocycles. The number of carbonyl (C=O) groups is 1. The molecular formula is C11H18N2O2. The molecule has 1 heterocycles. The van der Waals surface area contributed by atoms with Crippen LogP contribution < -0.4 is 5.32 Å². The van der Waals surface area contributed by atoms with Crippen molar-refractivity contribution in [2.45, 2.75) is 39.5 Å². The van der Waals surface area contributed by atoms with Gasteiger partial charge in [0.1, 0.15) is 0 Å². The van der Waals surface area contributed by atoms with Gasteiger partial charge in [-0.2, -0.15) is 0 Å². The Morgan fingerprint density at radius 3 is 2.87 bits per heavy atom. The fourth-order valence-corrected chi connectivity index (χ4v) is 1.34. The zero-order chi connectivity index (χ0) is 11.1. The first-order chi connectivity index (χ1) is 7.25. The number of unbranched alkanes of at least 4 members (excludes halogenated alkanes) is 3. The van der Waals surface area contributed by atoms with E-state index in [0.717, 1.165) is 18.4 Å². The summed E-state index contributed by atoms with van der Waals surface area (Å²) in [5.41, 5.74) is 0.779. The molecule has 0 spiro atoms. The highest BCUT2D eigenvalue weighted by Crippen LogP contribution is 2.05. The number of carbonyl (C=O) groups excluding carboxylic acids is 1. The summed E-state index contributed by atoms with van der Waals surface area (Å²) >= 11 is 0. The number of hydrogen-bond acceptors (Lipinski definition) is 3. The lowest BCUT2D eigenvalue weighted by molar-refractivity contribution is 0.0915. The van der Waals surface area contributed by atoms with Crippen LogP contribution >= 0.6 is 0 Å². The van der Waals surface area contributed by atoms with Gasteiger partial charge in [0.05, 0.1) is 6.20 Å². The van der Waals surface area contributed by atoms with Crippen LogP contribution in [0.4, 0.5) is 0 Å². The van der Waals surface area contributed by atoms with Crippen molar-refractivity contribution in [1.29, 1.82) is 0 Å². The first kappa shape index (κ1) is 11.8. The summed E-state index contributed by atoms with van der Waals surface area (Å²) in [6.45, 7) is 4.68. The summed E-state index contributed by atoms with van der Waals surface area (Å²) in [5.74, 6) is 0.159. The number of hydrogen-bond donors (Lipinski definition) is 1. The SMILES string of the molecule is CCCCCCNC(=O)c1oncc1C. The minimum Gasteiger partial charge on any atom is -0.351 e. The summed E-state index contributed by atoms with van der Waals surface area (Å²) in [5, 5.41) is 6.38. The zero-order valence-electron chi connectivity index (χ0n) is 9.38. The molecule has 1 aromatic heterocycles. The minimum atomic E-state index is -0.165. The number of amides is 1. The van der Waals surface area contributed by atoms with Gasteiger partial charge in [-0.15, -0.1) is 0 Å². The Bertz CT molecular complexity index is 307. The predicted molar refractivity (Wildman–Crippen MR) is 57.7 cm³/mol. The fraction of sp³-hybridized carbons (Fsp3) is 0.636. The molecule has 1 N–H and O–H groups in total. The zero-order valence-corrected chi connectivity index (χ0v) is 9.38. The Labute approximate surface area is 90.0 Å². The first-order valence-electron chi connectivity index (χ1n) is 5.45. The summed E-state index contributed by atoms with van der Waals surface area (Å²) < 4.78 is 4.84. The van der Waals surface area contributed by atoms with Gasteiger partial charge >= 0.3 is 0 Å². The maximum atomic E-state index is 11.5. The highest BCUT2D eigenvalue weighted by Gasteiger charge is 2.12. The molecule has 4 nitrogen and oxygen atoms in total. The van der Waals surface area contributed by atoms with E-state index < -0.39 is 0 Å². The summed E-state index contributed by atoms with van der Waals surface area (Å²) in [4.78, 5) is 11.5. The molecule has 4 heteroatoms. The Hall–Kier alpha value is -1.32. The fourth-order valence-electron chi connectivity index (χ4n) is 1.34. The maximum Gasteiger partial charge on any atom is 0.290 e. The quantitative estimate of drug-likeness (QED) is 0.733. The van der Waals surface area contributed by atoms with Crippen molar-refractivity contribution in [3.05, 3.63) is 17.5 Å². The van der Waals surface area contributed by atoms with Crippen LogP contribution in [-0.2, 0) is 0 Å². The lowest BCUT2D eigenvalue weighted by Gasteiger charge is -2.02. The Balaban J connectivity index is 2.22. The molecule has 0 aliphatic carbocycles. The van der Waals surface area contributed by atoms with E-state index in [0.29, 0.717) is 12.3 Å². The van der Waals surface area contributed by atoms with Crippen molar-refractivity contribution >= 4 is 5.91 Å². The Kier molecular flexibility index (Phi) is 4.87. The van der Waals surface area contributed by atoms with Crippen molar-refractivity contribution in [3.63, 3.8) is 0 Å². The standard InChI is InChI=1S/C11H18N2O2/c1-3-4-5-6-7-12-11(14)10-9(2)8-13-15-10/h8H,3-7H2,1-2H3,(H,12,14). The second-order valence-electron chi connectivity index (χ2n) is 3.65. The molecule has 0 aliphatic rings. The predicted octanol–water partition coefficient (Wildman–Crippen LogP) is 2.29. The molecule has 0 aromatic carbocycles. The van der Waals surface area contributed by atoms with Crippen LogP contribution in [0, 0.1) is 6.92 Å². The maximum absolute atomic E-state index is 11.5. The monoisotopic (exact) mass is 210 g/mol. The van der Waals surface area contributed by atoms with Gasteiger partial charge in [0.25, 0.3) is 5.91 Å². The lowest BCUT2D eigenvalue weighted by atomic mass is 10.2. The minimum absolute atomic E-state index is 0.165. The summed E-state index contributed by atoms with van der Waals surface area (Å²) in [7, 11) is 0. The molecule has 1 aromatic rings. The summed E-state index contributed by atoms with van der Waals surface area (Å²) in [6.07, 6.45) is 6.15. The van der Waals surface area contributed by atoms with Crippen LogP contribution in [0.1, 0.15) is 48.7 Å². The van der Waals surface area contributed by atoms with Crippen LogP contribution in [0.2, 0.25) is 0 Å². The number of nitrogens with one attached hydrogen (secondary N) is 1. The first-order valence-corrected chi connectivity index (χ1v) is 5.45. The molecular weight excluding hydrogens is 192 g/mol. The van der Waals surface area contributed by atoms with Gasteiger partial charge in [0, 0.05) is 12.1 Å². The van der Waals surface area contributed by atoms with Crippen molar-refractivity contribution < 1.29 is 9.32 Å². The van der Waals surface area contributed by atoms with Crippen LogP contribution in [0.15, 0.2) is 10.7 Å². The average molecular weight is 210 g/mol. The van der Waals surface area contributed by atoms with Gasteiger partial charge in [-0.25, -0.2) is 0 Å². The molecule has 0 saturated carbocycles. The number of aryl methyl sites for hydroxylation is 1. The van der Waals surface area contributed by atoms with Gasteiger partial charge in [0.2, 0.25) is 5.76 Å². The number of rotatable bonds is 6. The normalized spacial score (nSPS) is 10.3. The van der Waals surface area contributed by atoms with Crippen LogP contribution in [0.25, 0.3) is 0 Å². The second kappa shape index (κ2) is 6.22. The van der Waals surface area contributed by atoms with E-state index in [1.165, 1.54) is 12.8 Å². The van der Waals surface area contributed by atoms with E-state index in [1.807, 2.05) is 6.92 Å². The molecule has 0 unspecified atom stereocenters. The van der Waals surface area contributed by atoms with E-state index in [-0.39, 0.29) is 5.91 Å².